The number of rotatable bonds is 7. The van der Waals surface area contributed by atoms with Crippen molar-refractivity contribution in [1.29, 1.82) is 0 Å². The Kier molecular flexibility index (Phi) is 7.49. The maximum absolute atomic E-state index is 10.2. The van der Waals surface area contributed by atoms with Crippen LogP contribution in [0.5, 0.6) is 0 Å². The summed E-state index contributed by atoms with van der Waals surface area (Å²) in [7, 11) is 0. The smallest absolute Gasteiger partial charge is 0.0777 e. The van der Waals surface area contributed by atoms with Crippen molar-refractivity contribution in [3.63, 3.8) is 0 Å². The van der Waals surface area contributed by atoms with Gasteiger partial charge in [0.2, 0.25) is 0 Å². The second-order valence-corrected chi connectivity index (χ2v) is 10.9. The number of aliphatic hydroxyl groups is 2. The Hall–Kier alpha value is -0.860. The van der Waals surface area contributed by atoms with Crippen LogP contribution in [0.15, 0.2) is 34.9 Å². The van der Waals surface area contributed by atoms with Crippen LogP contribution in [0.2, 0.25) is 0 Å². The Morgan fingerprint density at radius 3 is 2.62 bits per heavy atom. The summed E-state index contributed by atoms with van der Waals surface area (Å²) in [6.45, 7) is 11.8. The Balaban J connectivity index is 1.69. The van der Waals surface area contributed by atoms with Crippen molar-refractivity contribution in [2.45, 2.75) is 105 Å². The Labute approximate surface area is 179 Å². The Morgan fingerprint density at radius 1 is 1.14 bits per heavy atom. The molecule has 1 fully saturated rings. The van der Waals surface area contributed by atoms with Gasteiger partial charge in [0.15, 0.2) is 0 Å². The first-order valence-electron chi connectivity index (χ1n) is 12.2. The van der Waals surface area contributed by atoms with E-state index < -0.39 is 12.2 Å². The third kappa shape index (κ3) is 5.07. The maximum Gasteiger partial charge on any atom is 0.0777 e. The average Bonchev–Trinajstić information content (AvgIpc) is 3.00. The maximum atomic E-state index is 10.2. The highest BCUT2D eigenvalue weighted by Crippen LogP contribution is 2.58. The van der Waals surface area contributed by atoms with Crippen molar-refractivity contribution < 1.29 is 10.2 Å². The highest BCUT2D eigenvalue weighted by atomic mass is 16.3. The zero-order chi connectivity index (χ0) is 21.2. The standard InChI is InChI=1S/C27H44O2/c1-18(2)8-6-9-19(3)24-13-14-25-21(10-7-15-27(24,25)5)11-12-22-16-23(28)17-26(29)20(22)4/h10-12,18-19,23-26,28-29H,6-9,13-17H2,1-5H3/b12-11+/t19-,23-,24-,25-,26-,27-/m1/s1. The second kappa shape index (κ2) is 9.52. The molecule has 0 aromatic heterocycles. The molecule has 0 spiro atoms. The molecular formula is C27H44O2. The Morgan fingerprint density at radius 2 is 1.90 bits per heavy atom. The zero-order valence-corrected chi connectivity index (χ0v) is 19.5. The minimum atomic E-state index is -0.494. The van der Waals surface area contributed by atoms with Gasteiger partial charge in [-0.15, -0.1) is 0 Å². The quantitative estimate of drug-likeness (QED) is 0.506. The van der Waals surface area contributed by atoms with Crippen LogP contribution in [0.3, 0.4) is 0 Å². The van der Waals surface area contributed by atoms with E-state index in [4.69, 9.17) is 0 Å². The van der Waals surface area contributed by atoms with Crippen molar-refractivity contribution >= 4 is 0 Å². The molecule has 2 heteroatoms. The van der Waals surface area contributed by atoms with Crippen LogP contribution < -0.4 is 0 Å². The summed E-state index contributed by atoms with van der Waals surface area (Å²) < 4.78 is 0. The van der Waals surface area contributed by atoms with Gasteiger partial charge in [-0.1, -0.05) is 65.2 Å². The van der Waals surface area contributed by atoms with Gasteiger partial charge in [0, 0.05) is 6.42 Å². The molecule has 0 amide bonds. The van der Waals surface area contributed by atoms with E-state index in [1.54, 1.807) is 0 Å². The molecule has 1 saturated carbocycles. The summed E-state index contributed by atoms with van der Waals surface area (Å²) in [4.78, 5) is 0. The summed E-state index contributed by atoms with van der Waals surface area (Å²) in [6.07, 6.45) is 16.5. The van der Waals surface area contributed by atoms with Crippen LogP contribution in [0, 0.1) is 29.1 Å². The van der Waals surface area contributed by atoms with Gasteiger partial charge in [-0.2, -0.15) is 0 Å². The van der Waals surface area contributed by atoms with Gasteiger partial charge in [0.05, 0.1) is 12.2 Å². The van der Waals surface area contributed by atoms with E-state index in [1.807, 2.05) is 6.92 Å². The van der Waals surface area contributed by atoms with Gasteiger partial charge >= 0.3 is 0 Å². The summed E-state index contributed by atoms with van der Waals surface area (Å²) in [5, 5.41) is 20.2. The van der Waals surface area contributed by atoms with Crippen molar-refractivity contribution in [3.05, 3.63) is 34.9 Å². The molecule has 0 heterocycles. The topological polar surface area (TPSA) is 40.5 Å². The molecule has 6 atom stereocenters. The molecule has 0 aromatic carbocycles. The Bertz CT molecular complexity index is 655. The second-order valence-electron chi connectivity index (χ2n) is 10.9. The van der Waals surface area contributed by atoms with Crippen molar-refractivity contribution in [2.24, 2.45) is 29.1 Å². The number of hydrogen-bond acceptors (Lipinski definition) is 2. The molecule has 3 aliphatic rings. The van der Waals surface area contributed by atoms with Crippen molar-refractivity contribution in [2.75, 3.05) is 0 Å². The van der Waals surface area contributed by atoms with E-state index >= 15 is 0 Å². The van der Waals surface area contributed by atoms with Crippen LogP contribution in [-0.2, 0) is 0 Å². The van der Waals surface area contributed by atoms with E-state index in [1.165, 1.54) is 50.5 Å². The lowest BCUT2D eigenvalue weighted by molar-refractivity contribution is 0.0878. The van der Waals surface area contributed by atoms with Gasteiger partial charge < -0.3 is 10.2 Å². The van der Waals surface area contributed by atoms with Crippen molar-refractivity contribution in [3.8, 4) is 0 Å². The largest absolute Gasteiger partial charge is 0.393 e. The SMILES string of the molecule is CC1=C(/C=C/C2=CCC[C@@]3(C)[C@@H]2CC[C@@H]3[C@H](C)CCCC(C)C)C[C@@H](O)C[C@H]1O. The fourth-order valence-corrected chi connectivity index (χ4v) is 6.57. The molecule has 0 aliphatic heterocycles. The monoisotopic (exact) mass is 400 g/mol. The number of fused-ring (bicyclic) bond motifs is 1. The summed E-state index contributed by atoms with van der Waals surface area (Å²) in [5.41, 5.74) is 4.10. The van der Waals surface area contributed by atoms with Gasteiger partial charge in [0.1, 0.15) is 0 Å². The highest BCUT2D eigenvalue weighted by Gasteiger charge is 2.49. The van der Waals surface area contributed by atoms with Crippen LogP contribution in [0.25, 0.3) is 0 Å². The number of allylic oxidation sites excluding steroid dienone is 4. The van der Waals surface area contributed by atoms with Gasteiger partial charge in [-0.05, 0) is 84.8 Å². The lowest BCUT2D eigenvalue weighted by Gasteiger charge is -2.43. The lowest BCUT2D eigenvalue weighted by Crippen LogP contribution is -2.35. The molecule has 3 aliphatic carbocycles. The first-order chi connectivity index (χ1) is 13.7. The third-order valence-electron chi connectivity index (χ3n) is 8.44. The molecule has 0 saturated heterocycles. The van der Waals surface area contributed by atoms with E-state index in [-0.39, 0.29) is 0 Å². The van der Waals surface area contributed by atoms with Gasteiger partial charge in [0.25, 0.3) is 0 Å². The van der Waals surface area contributed by atoms with Crippen LogP contribution in [0.1, 0.15) is 92.4 Å². The predicted molar refractivity (Wildman–Crippen MR) is 123 cm³/mol. The summed E-state index contributed by atoms with van der Waals surface area (Å²) >= 11 is 0. The van der Waals surface area contributed by atoms with Crippen molar-refractivity contribution in [1.82, 2.24) is 0 Å². The fourth-order valence-electron chi connectivity index (χ4n) is 6.57. The van der Waals surface area contributed by atoms with Crippen LogP contribution in [-0.4, -0.2) is 22.4 Å². The molecule has 164 valence electrons. The first kappa shape index (κ1) is 22.8. The molecule has 2 N–H and O–H groups in total. The third-order valence-corrected chi connectivity index (χ3v) is 8.44. The first-order valence-corrected chi connectivity index (χ1v) is 12.2. The normalized spacial score (nSPS) is 36.6. The van der Waals surface area contributed by atoms with Gasteiger partial charge in [-0.25, -0.2) is 0 Å². The average molecular weight is 401 g/mol. The summed E-state index contributed by atoms with van der Waals surface area (Å²) in [6, 6.07) is 0. The molecule has 0 unspecified atom stereocenters. The lowest BCUT2D eigenvalue weighted by atomic mass is 9.62. The van der Waals surface area contributed by atoms with Crippen LogP contribution >= 0.6 is 0 Å². The van der Waals surface area contributed by atoms with E-state index in [9.17, 15) is 10.2 Å². The van der Waals surface area contributed by atoms with Crippen LogP contribution in [0.4, 0.5) is 0 Å². The molecule has 0 aromatic rings. The van der Waals surface area contributed by atoms with Gasteiger partial charge in [-0.3, -0.25) is 0 Å². The molecule has 2 nitrogen and oxygen atoms in total. The molecule has 0 bridgehead atoms. The zero-order valence-electron chi connectivity index (χ0n) is 19.5. The molecule has 0 radical (unpaired) electrons. The molecule has 3 rings (SSSR count). The van der Waals surface area contributed by atoms with E-state index in [0.29, 0.717) is 24.2 Å². The minimum absolute atomic E-state index is 0.415. The number of hydrogen-bond donors (Lipinski definition) is 2. The number of aliphatic hydroxyl groups excluding tert-OH is 2. The predicted octanol–water partition coefficient (Wildman–Crippen LogP) is 6.59. The molecule has 29 heavy (non-hydrogen) atoms. The molecular weight excluding hydrogens is 356 g/mol. The minimum Gasteiger partial charge on any atom is -0.393 e. The van der Waals surface area contributed by atoms with E-state index in [0.717, 1.165) is 28.9 Å². The fraction of sp³-hybridized carbons (Fsp3) is 0.778. The van der Waals surface area contributed by atoms with E-state index in [2.05, 4.69) is 45.9 Å². The highest BCUT2D eigenvalue weighted by molar-refractivity contribution is 5.37. The summed E-state index contributed by atoms with van der Waals surface area (Å²) in [5.74, 6) is 3.15.